The van der Waals surface area contributed by atoms with E-state index in [4.69, 9.17) is 21.4 Å². The number of carboxylic acids is 1. The summed E-state index contributed by atoms with van der Waals surface area (Å²) in [5.74, 6) is -0.167. The summed E-state index contributed by atoms with van der Waals surface area (Å²) in [4.78, 5) is 11.1. The number of hydrogen-bond donors (Lipinski definition) is 2. The summed E-state index contributed by atoms with van der Waals surface area (Å²) in [5.41, 5.74) is 4.11. The molecule has 5 heteroatoms. The van der Waals surface area contributed by atoms with Gasteiger partial charge in [-0.2, -0.15) is 0 Å². The van der Waals surface area contributed by atoms with Crippen molar-refractivity contribution in [1.82, 2.24) is 0 Å². The first-order valence-electron chi connectivity index (χ1n) is 8.55. The van der Waals surface area contributed by atoms with Crippen LogP contribution in [0.15, 0.2) is 66.7 Å². The lowest BCUT2D eigenvalue weighted by atomic mass is 10.1. The maximum atomic E-state index is 11.1. The molecular weight excluding hydrogens is 362 g/mol. The zero-order valence-electron chi connectivity index (χ0n) is 14.9. The van der Waals surface area contributed by atoms with Gasteiger partial charge in [-0.05, 0) is 60.0 Å². The highest BCUT2D eigenvalue weighted by Gasteiger charge is 2.06. The maximum absolute atomic E-state index is 11.1. The van der Waals surface area contributed by atoms with E-state index in [1.54, 1.807) is 18.2 Å². The van der Waals surface area contributed by atoms with Crippen LogP contribution in [-0.2, 0) is 13.2 Å². The van der Waals surface area contributed by atoms with E-state index in [2.05, 4.69) is 5.32 Å². The van der Waals surface area contributed by atoms with Crippen LogP contribution in [0.4, 0.5) is 5.69 Å². The molecule has 3 aromatic carbocycles. The first kappa shape index (κ1) is 18.8. The SMILES string of the molecule is Cc1ccc(C(=O)O)cc1NCc1cccc(OCc2cccc(Cl)c2)c1. The van der Waals surface area contributed by atoms with E-state index in [1.807, 2.05) is 55.5 Å². The zero-order chi connectivity index (χ0) is 19.2. The van der Waals surface area contributed by atoms with Gasteiger partial charge in [0.15, 0.2) is 0 Å². The fraction of sp³-hybridized carbons (Fsp3) is 0.136. The van der Waals surface area contributed by atoms with Gasteiger partial charge in [-0.15, -0.1) is 0 Å². The van der Waals surface area contributed by atoms with Crippen LogP contribution in [0.1, 0.15) is 27.0 Å². The Morgan fingerprint density at radius 1 is 1.04 bits per heavy atom. The maximum Gasteiger partial charge on any atom is 0.335 e. The number of ether oxygens (including phenoxy) is 1. The predicted octanol–water partition coefficient (Wildman–Crippen LogP) is 5.54. The predicted molar refractivity (Wildman–Crippen MR) is 108 cm³/mol. The van der Waals surface area contributed by atoms with Crippen molar-refractivity contribution in [2.75, 3.05) is 5.32 Å². The van der Waals surface area contributed by atoms with Crippen LogP contribution in [0.25, 0.3) is 0 Å². The molecule has 3 rings (SSSR count). The second-order valence-corrected chi connectivity index (χ2v) is 6.69. The lowest BCUT2D eigenvalue weighted by Gasteiger charge is -2.12. The number of rotatable bonds is 7. The van der Waals surface area contributed by atoms with Crippen molar-refractivity contribution in [2.24, 2.45) is 0 Å². The standard InChI is InChI=1S/C22H20ClNO3/c1-15-8-9-18(22(25)26)12-21(15)24-13-16-4-3-7-20(11-16)27-14-17-5-2-6-19(23)10-17/h2-12,24H,13-14H2,1H3,(H,25,26). The molecule has 2 N–H and O–H groups in total. The van der Waals surface area contributed by atoms with Crippen LogP contribution in [-0.4, -0.2) is 11.1 Å². The fourth-order valence-corrected chi connectivity index (χ4v) is 2.89. The van der Waals surface area contributed by atoms with Crippen molar-refractivity contribution in [3.63, 3.8) is 0 Å². The molecule has 0 saturated heterocycles. The number of carboxylic acid groups (broad SMARTS) is 1. The molecule has 0 bridgehead atoms. The fourth-order valence-electron chi connectivity index (χ4n) is 2.68. The Balaban J connectivity index is 1.64. The molecule has 0 radical (unpaired) electrons. The normalized spacial score (nSPS) is 10.4. The van der Waals surface area contributed by atoms with Gasteiger partial charge in [0.2, 0.25) is 0 Å². The van der Waals surface area contributed by atoms with Crippen LogP contribution in [0.3, 0.4) is 0 Å². The summed E-state index contributed by atoms with van der Waals surface area (Å²) in [6.07, 6.45) is 0. The first-order valence-corrected chi connectivity index (χ1v) is 8.93. The highest BCUT2D eigenvalue weighted by molar-refractivity contribution is 6.30. The van der Waals surface area contributed by atoms with E-state index in [0.717, 1.165) is 28.1 Å². The van der Waals surface area contributed by atoms with E-state index >= 15 is 0 Å². The third-order valence-corrected chi connectivity index (χ3v) is 4.40. The van der Waals surface area contributed by atoms with Crippen LogP contribution < -0.4 is 10.1 Å². The van der Waals surface area contributed by atoms with Gasteiger partial charge < -0.3 is 15.2 Å². The Hall–Kier alpha value is -2.98. The van der Waals surface area contributed by atoms with Crippen molar-refractivity contribution < 1.29 is 14.6 Å². The topological polar surface area (TPSA) is 58.6 Å². The van der Waals surface area contributed by atoms with Gasteiger partial charge in [-0.25, -0.2) is 4.79 Å². The Kier molecular flexibility index (Phi) is 5.99. The molecule has 0 aromatic heterocycles. The number of hydrogen-bond acceptors (Lipinski definition) is 3. The molecule has 4 nitrogen and oxygen atoms in total. The summed E-state index contributed by atoms with van der Waals surface area (Å²) in [6.45, 7) is 2.95. The molecule has 0 amide bonds. The minimum absolute atomic E-state index is 0.265. The van der Waals surface area contributed by atoms with E-state index in [0.29, 0.717) is 18.2 Å². The Morgan fingerprint density at radius 2 is 1.81 bits per heavy atom. The summed E-state index contributed by atoms with van der Waals surface area (Å²) in [5, 5.41) is 13.1. The Labute approximate surface area is 163 Å². The van der Waals surface area contributed by atoms with Gasteiger partial charge in [0.25, 0.3) is 0 Å². The van der Waals surface area contributed by atoms with E-state index in [1.165, 1.54) is 0 Å². The molecule has 27 heavy (non-hydrogen) atoms. The number of aromatic carboxylic acids is 1. The largest absolute Gasteiger partial charge is 0.489 e. The summed E-state index contributed by atoms with van der Waals surface area (Å²) >= 11 is 5.99. The molecule has 0 spiro atoms. The molecule has 0 heterocycles. The van der Waals surface area contributed by atoms with Gasteiger partial charge in [-0.3, -0.25) is 0 Å². The highest BCUT2D eigenvalue weighted by atomic mass is 35.5. The number of anilines is 1. The van der Waals surface area contributed by atoms with E-state index in [-0.39, 0.29) is 5.56 Å². The minimum atomic E-state index is -0.936. The Morgan fingerprint density at radius 3 is 2.59 bits per heavy atom. The second kappa shape index (κ2) is 8.60. The molecule has 0 saturated carbocycles. The van der Waals surface area contributed by atoms with E-state index < -0.39 is 5.97 Å². The summed E-state index contributed by atoms with van der Waals surface area (Å²) < 4.78 is 5.85. The van der Waals surface area contributed by atoms with Crippen molar-refractivity contribution in [1.29, 1.82) is 0 Å². The highest BCUT2D eigenvalue weighted by Crippen LogP contribution is 2.20. The third kappa shape index (κ3) is 5.25. The zero-order valence-corrected chi connectivity index (χ0v) is 15.7. The van der Waals surface area contributed by atoms with Gasteiger partial charge in [0.1, 0.15) is 12.4 Å². The monoisotopic (exact) mass is 381 g/mol. The molecule has 0 aliphatic carbocycles. The average molecular weight is 382 g/mol. The lowest BCUT2D eigenvalue weighted by molar-refractivity contribution is 0.0697. The van der Waals surface area contributed by atoms with Crippen LogP contribution >= 0.6 is 11.6 Å². The average Bonchev–Trinajstić information content (AvgIpc) is 2.66. The van der Waals surface area contributed by atoms with Gasteiger partial charge in [-0.1, -0.05) is 41.9 Å². The summed E-state index contributed by atoms with van der Waals surface area (Å²) in [7, 11) is 0. The molecule has 0 aliphatic rings. The molecular formula is C22H20ClNO3. The minimum Gasteiger partial charge on any atom is -0.489 e. The van der Waals surface area contributed by atoms with Crippen molar-refractivity contribution in [2.45, 2.75) is 20.1 Å². The van der Waals surface area contributed by atoms with Crippen LogP contribution in [0.2, 0.25) is 5.02 Å². The van der Waals surface area contributed by atoms with Gasteiger partial charge in [0, 0.05) is 17.3 Å². The van der Waals surface area contributed by atoms with Crippen molar-refractivity contribution >= 4 is 23.3 Å². The molecule has 0 atom stereocenters. The number of halogens is 1. The molecule has 3 aromatic rings. The third-order valence-electron chi connectivity index (χ3n) is 4.16. The van der Waals surface area contributed by atoms with Crippen LogP contribution in [0, 0.1) is 6.92 Å². The number of nitrogens with one attached hydrogen (secondary N) is 1. The van der Waals surface area contributed by atoms with E-state index in [9.17, 15) is 4.79 Å². The smallest absolute Gasteiger partial charge is 0.335 e. The number of aryl methyl sites for hydroxylation is 1. The molecule has 0 aliphatic heterocycles. The van der Waals surface area contributed by atoms with Gasteiger partial charge in [0.05, 0.1) is 5.56 Å². The van der Waals surface area contributed by atoms with Crippen molar-refractivity contribution in [3.8, 4) is 5.75 Å². The summed E-state index contributed by atoms with van der Waals surface area (Å²) in [6, 6.07) is 20.4. The molecule has 138 valence electrons. The molecule has 0 unspecified atom stereocenters. The number of benzene rings is 3. The number of carbonyl (C=O) groups is 1. The van der Waals surface area contributed by atoms with Crippen molar-refractivity contribution in [3.05, 3.63) is 94.0 Å². The Bertz CT molecular complexity index is 956. The van der Waals surface area contributed by atoms with Gasteiger partial charge >= 0.3 is 5.97 Å². The lowest BCUT2D eigenvalue weighted by Crippen LogP contribution is -2.04. The first-order chi connectivity index (χ1) is 13.0. The molecule has 0 fully saturated rings. The second-order valence-electron chi connectivity index (χ2n) is 6.25. The quantitative estimate of drug-likeness (QED) is 0.564. The van der Waals surface area contributed by atoms with Crippen LogP contribution in [0.5, 0.6) is 5.75 Å².